The number of rotatable bonds is 6. The Hall–Kier alpha value is -1.74. The zero-order valence-electron chi connectivity index (χ0n) is 14.4. The number of aliphatic imine (C=N–C) groups is 1. The smallest absolute Gasteiger partial charge is 0.401 e. The van der Waals surface area contributed by atoms with E-state index in [9.17, 15) is 18.3 Å². The van der Waals surface area contributed by atoms with Gasteiger partial charge in [0.1, 0.15) is 11.4 Å². The highest BCUT2D eigenvalue weighted by Gasteiger charge is 2.34. The second-order valence-electron chi connectivity index (χ2n) is 6.43. The van der Waals surface area contributed by atoms with Crippen molar-refractivity contribution in [1.29, 1.82) is 0 Å². The van der Waals surface area contributed by atoms with Crippen LogP contribution in [0.2, 0.25) is 0 Å². The van der Waals surface area contributed by atoms with Crippen LogP contribution in [0.5, 0.6) is 0 Å². The maximum absolute atomic E-state index is 12.5. The maximum atomic E-state index is 12.5. The van der Waals surface area contributed by atoms with Crippen molar-refractivity contribution in [2.75, 3.05) is 32.7 Å². The first-order valence-electron chi connectivity index (χ1n) is 8.30. The summed E-state index contributed by atoms with van der Waals surface area (Å²) < 4.78 is 42.6. The fraction of sp³-hybridized carbons (Fsp3) is 0.688. The molecule has 0 aromatic carbocycles. The molecule has 1 aliphatic heterocycles. The number of hydrogen-bond donors (Lipinski definition) is 3. The van der Waals surface area contributed by atoms with Crippen LogP contribution in [0.25, 0.3) is 0 Å². The highest BCUT2D eigenvalue weighted by molar-refractivity contribution is 5.80. The average molecular weight is 362 g/mol. The van der Waals surface area contributed by atoms with Gasteiger partial charge in [-0.2, -0.15) is 13.2 Å². The summed E-state index contributed by atoms with van der Waals surface area (Å²) >= 11 is 0. The minimum atomic E-state index is -4.19. The van der Waals surface area contributed by atoms with Crippen molar-refractivity contribution < 1.29 is 22.7 Å². The van der Waals surface area contributed by atoms with Gasteiger partial charge in [0.05, 0.1) is 19.4 Å². The number of aliphatic hydroxyl groups is 1. The molecule has 0 radical (unpaired) electrons. The monoisotopic (exact) mass is 362 g/mol. The van der Waals surface area contributed by atoms with E-state index in [4.69, 9.17) is 4.42 Å². The Morgan fingerprint density at radius 1 is 1.48 bits per heavy atom. The second kappa shape index (κ2) is 8.09. The van der Waals surface area contributed by atoms with E-state index in [1.165, 1.54) is 11.2 Å². The molecule has 2 unspecified atom stereocenters. The Bertz CT molecular complexity index is 558. The minimum Gasteiger partial charge on any atom is -0.466 e. The molecule has 2 atom stereocenters. The van der Waals surface area contributed by atoms with Crippen molar-refractivity contribution in [3.63, 3.8) is 0 Å². The van der Waals surface area contributed by atoms with Crippen LogP contribution in [0.1, 0.15) is 26.0 Å². The van der Waals surface area contributed by atoms with Crippen molar-refractivity contribution in [2.45, 2.75) is 38.1 Å². The predicted octanol–water partition coefficient (Wildman–Crippen LogP) is 1.68. The standard InChI is InChI=1S/C16H25F3N4O2/c1-3-20-14(21-10-15(2,24)13-5-4-8-25-13)22-12-6-7-23(9-12)11-16(17,18)19/h4-5,8,12,24H,3,6-7,9-11H2,1-2H3,(H2,20,21,22). The fourth-order valence-electron chi connectivity index (χ4n) is 2.76. The lowest BCUT2D eigenvalue weighted by Crippen LogP contribution is -2.45. The summed E-state index contributed by atoms with van der Waals surface area (Å²) in [5.41, 5.74) is -1.26. The van der Waals surface area contributed by atoms with E-state index in [0.717, 1.165) is 0 Å². The molecule has 6 nitrogen and oxygen atoms in total. The van der Waals surface area contributed by atoms with Gasteiger partial charge in [-0.1, -0.05) is 0 Å². The lowest BCUT2D eigenvalue weighted by molar-refractivity contribution is -0.143. The van der Waals surface area contributed by atoms with E-state index in [2.05, 4.69) is 15.6 Å². The molecule has 2 heterocycles. The number of nitrogens with zero attached hydrogens (tertiary/aromatic N) is 2. The molecule has 25 heavy (non-hydrogen) atoms. The van der Waals surface area contributed by atoms with E-state index in [1.807, 2.05) is 6.92 Å². The quantitative estimate of drug-likeness (QED) is 0.530. The number of halogens is 3. The topological polar surface area (TPSA) is 73.0 Å². The number of nitrogens with one attached hydrogen (secondary N) is 2. The van der Waals surface area contributed by atoms with Crippen molar-refractivity contribution >= 4 is 5.96 Å². The summed E-state index contributed by atoms with van der Waals surface area (Å²) in [6.07, 6.45) is -2.10. The van der Waals surface area contributed by atoms with Crippen LogP contribution in [-0.2, 0) is 5.60 Å². The van der Waals surface area contributed by atoms with Gasteiger partial charge in [0.25, 0.3) is 0 Å². The molecule has 1 fully saturated rings. The molecule has 0 spiro atoms. The molecular formula is C16H25F3N4O2. The van der Waals surface area contributed by atoms with Crippen LogP contribution < -0.4 is 10.6 Å². The normalized spacial score (nSPS) is 22.0. The molecule has 0 aliphatic carbocycles. The Morgan fingerprint density at radius 2 is 2.24 bits per heavy atom. The van der Waals surface area contributed by atoms with Gasteiger partial charge in [0.2, 0.25) is 0 Å². The third-order valence-corrected chi connectivity index (χ3v) is 3.96. The predicted molar refractivity (Wildman–Crippen MR) is 88.3 cm³/mol. The largest absolute Gasteiger partial charge is 0.466 e. The molecule has 1 aromatic heterocycles. The summed E-state index contributed by atoms with van der Waals surface area (Å²) in [5.74, 6) is 0.873. The van der Waals surface area contributed by atoms with Crippen molar-refractivity contribution in [1.82, 2.24) is 15.5 Å². The third kappa shape index (κ3) is 6.24. The van der Waals surface area contributed by atoms with Gasteiger partial charge in [-0.25, -0.2) is 4.99 Å². The van der Waals surface area contributed by atoms with Crippen LogP contribution in [0.4, 0.5) is 13.2 Å². The van der Waals surface area contributed by atoms with Gasteiger partial charge in [-0.05, 0) is 32.4 Å². The Kier molecular flexibility index (Phi) is 6.34. The second-order valence-corrected chi connectivity index (χ2v) is 6.43. The molecular weight excluding hydrogens is 337 g/mol. The minimum absolute atomic E-state index is 0.0643. The molecule has 1 aromatic rings. The first-order chi connectivity index (χ1) is 11.7. The van der Waals surface area contributed by atoms with Gasteiger partial charge in [-0.15, -0.1) is 0 Å². The van der Waals surface area contributed by atoms with Crippen molar-refractivity contribution in [3.8, 4) is 0 Å². The van der Waals surface area contributed by atoms with Gasteiger partial charge in [0, 0.05) is 25.7 Å². The molecule has 9 heteroatoms. The van der Waals surface area contributed by atoms with Gasteiger partial charge in [-0.3, -0.25) is 4.90 Å². The molecule has 1 aliphatic rings. The summed E-state index contributed by atoms with van der Waals surface area (Å²) in [5, 5.41) is 16.6. The lowest BCUT2D eigenvalue weighted by Gasteiger charge is -2.22. The summed E-state index contributed by atoms with van der Waals surface area (Å²) in [6, 6.07) is 3.24. The van der Waals surface area contributed by atoms with Crippen LogP contribution in [0.3, 0.4) is 0 Å². The number of likely N-dealkylation sites (tertiary alicyclic amines) is 1. The van der Waals surface area contributed by atoms with E-state index in [-0.39, 0.29) is 12.6 Å². The number of hydrogen-bond acceptors (Lipinski definition) is 4. The van der Waals surface area contributed by atoms with Gasteiger partial charge < -0.3 is 20.2 Å². The van der Waals surface area contributed by atoms with Crippen molar-refractivity contribution in [2.24, 2.45) is 4.99 Å². The molecule has 0 bridgehead atoms. The first-order valence-corrected chi connectivity index (χ1v) is 8.30. The zero-order chi connectivity index (χ0) is 18.5. The SMILES string of the molecule is CCNC(=NCC(C)(O)c1ccco1)NC1CCN(CC(F)(F)F)C1. The van der Waals surface area contributed by atoms with E-state index < -0.39 is 18.3 Å². The Morgan fingerprint density at radius 3 is 2.84 bits per heavy atom. The van der Waals surface area contributed by atoms with Gasteiger partial charge >= 0.3 is 6.18 Å². The van der Waals surface area contributed by atoms with Crippen LogP contribution in [-0.4, -0.2) is 60.9 Å². The highest BCUT2D eigenvalue weighted by atomic mass is 19.4. The van der Waals surface area contributed by atoms with E-state index >= 15 is 0 Å². The summed E-state index contributed by atoms with van der Waals surface area (Å²) in [7, 11) is 0. The van der Waals surface area contributed by atoms with E-state index in [0.29, 0.717) is 37.8 Å². The summed E-state index contributed by atoms with van der Waals surface area (Å²) in [6.45, 7) is 3.96. The Balaban J connectivity index is 1.92. The van der Waals surface area contributed by atoms with Crippen LogP contribution in [0, 0.1) is 0 Å². The maximum Gasteiger partial charge on any atom is 0.401 e. The molecule has 2 rings (SSSR count). The molecule has 0 saturated carbocycles. The Labute approximate surface area is 145 Å². The number of guanidine groups is 1. The van der Waals surface area contributed by atoms with Crippen LogP contribution in [0.15, 0.2) is 27.8 Å². The van der Waals surface area contributed by atoms with Crippen molar-refractivity contribution in [3.05, 3.63) is 24.2 Å². The average Bonchev–Trinajstić information content (AvgIpc) is 3.15. The number of furan rings is 1. The van der Waals surface area contributed by atoms with Crippen LogP contribution >= 0.6 is 0 Å². The number of alkyl halides is 3. The lowest BCUT2D eigenvalue weighted by atomic mass is 10.0. The highest BCUT2D eigenvalue weighted by Crippen LogP contribution is 2.22. The molecule has 142 valence electrons. The third-order valence-electron chi connectivity index (χ3n) is 3.96. The molecule has 3 N–H and O–H groups in total. The zero-order valence-corrected chi connectivity index (χ0v) is 14.4. The first kappa shape index (κ1) is 19.6. The fourth-order valence-corrected chi connectivity index (χ4v) is 2.76. The van der Waals surface area contributed by atoms with Gasteiger partial charge in [0.15, 0.2) is 5.96 Å². The molecule has 1 saturated heterocycles. The van der Waals surface area contributed by atoms with E-state index in [1.54, 1.807) is 19.1 Å². The summed E-state index contributed by atoms with van der Waals surface area (Å²) in [4.78, 5) is 5.72. The molecule has 0 amide bonds.